The molecule has 12 heteroatoms. The number of nitrogens with zero attached hydrogens (tertiary/aromatic N) is 5. The molecule has 0 radical (unpaired) electrons. The van der Waals surface area contributed by atoms with Gasteiger partial charge in [-0.3, -0.25) is 4.90 Å². The van der Waals surface area contributed by atoms with Crippen molar-refractivity contribution in [2.75, 3.05) is 44.8 Å². The van der Waals surface area contributed by atoms with Gasteiger partial charge in [0.2, 0.25) is 11.8 Å². The highest BCUT2D eigenvalue weighted by molar-refractivity contribution is 5.62. The Bertz CT molecular complexity index is 1340. The van der Waals surface area contributed by atoms with Crippen LogP contribution >= 0.6 is 0 Å². The van der Waals surface area contributed by atoms with Crippen LogP contribution < -0.4 is 10.1 Å². The lowest BCUT2D eigenvalue weighted by Gasteiger charge is -2.26. The predicted octanol–water partition coefficient (Wildman–Crippen LogP) is 4.54. The van der Waals surface area contributed by atoms with Crippen molar-refractivity contribution in [3.8, 4) is 28.4 Å². The van der Waals surface area contributed by atoms with E-state index in [1.54, 1.807) is 30.5 Å². The third-order valence-corrected chi connectivity index (χ3v) is 5.90. The Morgan fingerprint density at radius 1 is 0.974 bits per heavy atom. The van der Waals surface area contributed by atoms with E-state index in [1.807, 2.05) is 30.3 Å². The summed E-state index contributed by atoms with van der Waals surface area (Å²) in [6.45, 7) is 5.22. The van der Waals surface area contributed by atoms with E-state index in [0.29, 0.717) is 24.7 Å². The van der Waals surface area contributed by atoms with E-state index in [4.69, 9.17) is 9.47 Å². The molecule has 0 atom stereocenters. The normalized spacial score (nSPS) is 14.4. The summed E-state index contributed by atoms with van der Waals surface area (Å²) in [5.74, 6) is -0.285. The molecule has 1 N–H and O–H groups in total. The van der Waals surface area contributed by atoms with Gasteiger partial charge in [0.25, 0.3) is 0 Å². The fourth-order valence-electron chi connectivity index (χ4n) is 3.88. The second-order valence-corrected chi connectivity index (χ2v) is 8.57. The van der Waals surface area contributed by atoms with E-state index in [2.05, 4.69) is 34.8 Å². The van der Waals surface area contributed by atoms with E-state index in [1.165, 1.54) is 0 Å². The van der Waals surface area contributed by atoms with Crippen molar-refractivity contribution < 1.29 is 27.2 Å². The summed E-state index contributed by atoms with van der Waals surface area (Å²) in [5.41, 5.74) is 2.94. The van der Waals surface area contributed by atoms with Crippen LogP contribution in [0.3, 0.4) is 0 Å². The van der Waals surface area contributed by atoms with Gasteiger partial charge in [0.05, 0.1) is 18.9 Å². The number of hydrogen-bond acceptors (Lipinski definition) is 9. The van der Waals surface area contributed by atoms with Crippen molar-refractivity contribution in [2.24, 2.45) is 0 Å². The number of anilines is 1. The molecule has 5 rings (SSSR count). The first-order chi connectivity index (χ1) is 18.4. The summed E-state index contributed by atoms with van der Waals surface area (Å²) in [7, 11) is 0. The smallest absolute Gasteiger partial charge is 0.471 e. The first-order valence-electron chi connectivity index (χ1n) is 12.0. The summed E-state index contributed by atoms with van der Waals surface area (Å²) in [5, 5.41) is 6.57. The minimum Gasteiger partial charge on any atom is -0.492 e. The molecule has 3 heterocycles. The zero-order chi connectivity index (χ0) is 26.4. The molecule has 0 saturated carbocycles. The molecule has 1 aliphatic heterocycles. The largest absolute Gasteiger partial charge is 0.492 e. The minimum absolute atomic E-state index is 0.125. The van der Waals surface area contributed by atoms with Crippen LogP contribution in [-0.2, 0) is 17.5 Å². The van der Waals surface area contributed by atoms with Crippen molar-refractivity contribution in [3.05, 3.63) is 72.2 Å². The lowest BCUT2D eigenvalue weighted by molar-refractivity contribution is -0.159. The van der Waals surface area contributed by atoms with Crippen LogP contribution in [0.25, 0.3) is 22.6 Å². The predicted molar refractivity (Wildman–Crippen MR) is 132 cm³/mol. The molecule has 0 bridgehead atoms. The van der Waals surface area contributed by atoms with E-state index in [-0.39, 0.29) is 5.82 Å². The molecule has 2 aromatic heterocycles. The van der Waals surface area contributed by atoms with Gasteiger partial charge in [0.1, 0.15) is 12.4 Å². The van der Waals surface area contributed by atoms with Gasteiger partial charge in [-0.25, -0.2) is 9.97 Å². The van der Waals surface area contributed by atoms with E-state index in [0.717, 1.165) is 55.4 Å². The van der Waals surface area contributed by atoms with Crippen molar-refractivity contribution in [2.45, 2.75) is 12.7 Å². The maximum absolute atomic E-state index is 12.7. The lowest BCUT2D eigenvalue weighted by atomic mass is 10.1. The maximum Gasteiger partial charge on any atom is 0.471 e. The number of rotatable bonds is 9. The summed E-state index contributed by atoms with van der Waals surface area (Å²) in [6, 6.07) is 16.4. The van der Waals surface area contributed by atoms with E-state index >= 15 is 0 Å². The standard InChI is InChI=1S/C26H25F3N6O3/c27-26(28,29)24-33-23(34-38-24)19-6-4-18(5-7-19)17-31-25-30-9-8-22(32-25)20-2-1-3-21(16-20)37-15-12-35-10-13-36-14-11-35/h1-9,16H,10-15,17H2,(H,30,31,32). The third kappa shape index (κ3) is 6.64. The zero-order valence-corrected chi connectivity index (χ0v) is 20.3. The van der Waals surface area contributed by atoms with E-state index < -0.39 is 12.1 Å². The second kappa shape index (κ2) is 11.6. The Kier molecular flexibility index (Phi) is 7.80. The van der Waals surface area contributed by atoms with Gasteiger partial charge >= 0.3 is 12.1 Å². The Morgan fingerprint density at radius 2 is 1.79 bits per heavy atom. The van der Waals surface area contributed by atoms with Crippen molar-refractivity contribution in [3.63, 3.8) is 0 Å². The minimum atomic E-state index is -4.68. The lowest BCUT2D eigenvalue weighted by Crippen LogP contribution is -2.38. The molecule has 0 amide bonds. The molecule has 38 heavy (non-hydrogen) atoms. The highest BCUT2D eigenvalue weighted by Crippen LogP contribution is 2.29. The molecular weight excluding hydrogens is 501 g/mol. The zero-order valence-electron chi connectivity index (χ0n) is 20.3. The van der Waals surface area contributed by atoms with Crippen LogP contribution in [0.4, 0.5) is 19.1 Å². The van der Waals surface area contributed by atoms with Crippen molar-refractivity contribution in [1.82, 2.24) is 25.0 Å². The van der Waals surface area contributed by atoms with Crippen LogP contribution in [0.15, 0.2) is 65.3 Å². The van der Waals surface area contributed by atoms with Gasteiger partial charge in [-0.1, -0.05) is 41.6 Å². The van der Waals surface area contributed by atoms with Gasteiger partial charge in [-0.05, 0) is 23.8 Å². The number of hydrogen-bond donors (Lipinski definition) is 1. The topological polar surface area (TPSA) is 98.4 Å². The van der Waals surface area contributed by atoms with Gasteiger partial charge in [0, 0.05) is 43.5 Å². The number of halogens is 3. The Labute approximate surface area is 216 Å². The number of alkyl halides is 3. The van der Waals surface area contributed by atoms with Crippen molar-refractivity contribution in [1.29, 1.82) is 0 Å². The third-order valence-electron chi connectivity index (χ3n) is 5.90. The van der Waals surface area contributed by atoms with Crippen LogP contribution in [0, 0.1) is 0 Å². The molecule has 0 spiro atoms. The molecule has 4 aromatic rings. The second-order valence-electron chi connectivity index (χ2n) is 8.57. The Balaban J connectivity index is 1.17. The van der Waals surface area contributed by atoms with Crippen LogP contribution in [0.1, 0.15) is 11.5 Å². The Morgan fingerprint density at radius 3 is 2.55 bits per heavy atom. The average molecular weight is 527 g/mol. The summed E-state index contributed by atoms with van der Waals surface area (Å²) < 4.78 is 53.7. The number of aromatic nitrogens is 4. The quantitative estimate of drug-likeness (QED) is 0.337. The van der Waals surface area contributed by atoms with E-state index in [9.17, 15) is 13.2 Å². The van der Waals surface area contributed by atoms with Gasteiger partial charge in [0.15, 0.2) is 0 Å². The number of morpholine rings is 1. The van der Waals surface area contributed by atoms with Gasteiger partial charge in [-0.2, -0.15) is 18.2 Å². The van der Waals surface area contributed by atoms with Crippen molar-refractivity contribution >= 4 is 5.95 Å². The molecule has 1 aliphatic rings. The fourth-order valence-corrected chi connectivity index (χ4v) is 3.88. The highest BCUT2D eigenvalue weighted by atomic mass is 19.4. The number of benzene rings is 2. The maximum atomic E-state index is 12.7. The van der Waals surface area contributed by atoms with Gasteiger partial charge < -0.3 is 19.3 Å². The number of ether oxygens (including phenoxy) is 2. The van der Waals surface area contributed by atoms with Crippen LogP contribution in [-0.4, -0.2) is 64.5 Å². The molecule has 198 valence electrons. The fraction of sp³-hybridized carbons (Fsp3) is 0.308. The molecule has 0 aliphatic carbocycles. The summed E-state index contributed by atoms with van der Waals surface area (Å²) >= 11 is 0. The first-order valence-corrected chi connectivity index (χ1v) is 12.0. The highest BCUT2D eigenvalue weighted by Gasteiger charge is 2.38. The molecule has 0 unspecified atom stereocenters. The van der Waals surface area contributed by atoms with Crippen LogP contribution in [0.2, 0.25) is 0 Å². The Hall–Kier alpha value is -4.03. The summed E-state index contributed by atoms with van der Waals surface area (Å²) in [4.78, 5) is 14.6. The monoisotopic (exact) mass is 526 g/mol. The first kappa shape index (κ1) is 25.6. The average Bonchev–Trinajstić information content (AvgIpc) is 3.45. The molecule has 1 fully saturated rings. The molecule has 9 nitrogen and oxygen atoms in total. The molecule has 2 aromatic carbocycles. The summed E-state index contributed by atoms with van der Waals surface area (Å²) in [6.07, 6.45) is -3.00. The van der Waals surface area contributed by atoms with Gasteiger partial charge in [-0.15, -0.1) is 0 Å². The van der Waals surface area contributed by atoms with Crippen LogP contribution in [0.5, 0.6) is 5.75 Å². The molecular formula is C26H25F3N6O3. The SMILES string of the molecule is FC(F)(F)c1nc(-c2ccc(CNc3nccc(-c4cccc(OCCN5CCOCC5)c4)n3)cc2)no1. The number of nitrogens with one attached hydrogen (secondary N) is 1. The molecule has 1 saturated heterocycles.